The van der Waals surface area contributed by atoms with Crippen molar-refractivity contribution in [1.82, 2.24) is 0 Å². The monoisotopic (exact) mass is 299 g/mol. The maximum atomic E-state index is 7.96. The summed E-state index contributed by atoms with van der Waals surface area (Å²) in [6.45, 7) is 5.04. The van der Waals surface area contributed by atoms with E-state index in [9.17, 15) is 0 Å². The zero-order chi connectivity index (χ0) is 15.2. The molecule has 3 nitrogen and oxygen atoms in total. The highest BCUT2D eigenvalue weighted by Gasteiger charge is 2.16. The summed E-state index contributed by atoms with van der Waals surface area (Å²) < 4.78 is 0. The van der Waals surface area contributed by atoms with Gasteiger partial charge in [-0.1, -0.05) is 31.2 Å². The molecule has 0 aliphatic rings. The van der Waals surface area contributed by atoms with E-state index in [-0.39, 0.29) is 5.84 Å². The highest BCUT2D eigenvalue weighted by molar-refractivity contribution is 7.99. The molecule has 110 valence electrons. The molecule has 0 aliphatic carbocycles. The minimum Gasteiger partial charge on any atom is -0.384 e. The van der Waals surface area contributed by atoms with E-state index in [1.165, 1.54) is 0 Å². The summed E-state index contributed by atoms with van der Waals surface area (Å²) in [4.78, 5) is 3.26. The Labute approximate surface area is 130 Å². The van der Waals surface area contributed by atoms with E-state index >= 15 is 0 Å². The average molecular weight is 299 g/mol. The lowest BCUT2D eigenvalue weighted by Gasteiger charge is -2.26. The topological polar surface area (TPSA) is 53.1 Å². The van der Waals surface area contributed by atoms with Gasteiger partial charge in [-0.3, -0.25) is 5.41 Å². The highest BCUT2D eigenvalue weighted by Crippen LogP contribution is 2.34. The summed E-state index contributed by atoms with van der Waals surface area (Å²) in [6.07, 6.45) is 0. The molecule has 0 aliphatic heterocycles. The van der Waals surface area contributed by atoms with Crippen LogP contribution in [0.2, 0.25) is 0 Å². The van der Waals surface area contributed by atoms with E-state index in [4.69, 9.17) is 11.1 Å². The number of amidine groups is 1. The molecule has 21 heavy (non-hydrogen) atoms. The molecule has 0 radical (unpaired) electrons. The Balaban J connectivity index is 2.56. The van der Waals surface area contributed by atoms with Crippen LogP contribution in [0.5, 0.6) is 0 Å². The lowest BCUT2D eigenvalue weighted by molar-refractivity contribution is 1.02. The Kier molecular flexibility index (Phi) is 5.28. The number of benzene rings is 2. The summed E-state index contributed by atoms with van der Waals surface area (Å²) in [6, 6.07) is 16.3. The fourth-order valence-electron chi connectivity index (χ4n) is 2.39. The predicted molar refractivity (Wildman–Crippen MR) is 93.0 cm³/mol. The smallest absolute Gasteiger partial charge is 0.126 e. The molecule has 4 heteroatoms. The largest absolute Gasteiger partial charge is 0.384 e. The van der Waals surface area contributed by atoms with Crippen LogP contribution in [0, 0.1) is 5.41 Å². The molecule has 0 bridgehead atoms. The van der Waals surface area contributed by atoms with Gasteiger partial charge in [0.05, 0.1) is 11.3 Å². The van der Waals surface area contributed by atoms with E-state index in [1.54, 1.807) is 11.8 Å². The normalized spacial score (nSPS) is 10.4. The number of thioether (sulfide) groups is 1. The van der Waals surface area contributed by atoms with Crippen LogP contribution in [0.1, 0.15) is 19.4 Å². The molecule has 0 atom stereocenters. The quantitative estimate of drug-likeness (QED) is 0.476. The Morgan fingerprint density at radius 2 is 1.81 bits per heavy atom. The van der Waals surface area contributed by atoms with Crippen LogP contribution in [0.25, 0.3) is 0 Å². The molecule has 2 rings (SSSR count). The Bertz CT molecular complexity index is 611. The molecule has 2 aromatic rings. The minimum absolute atomic E-state index is 0.121. The van der Waals surface area contributed by atoms with Crippen molar-refractivity contribution in [1.29, 1.82) is 5.41 Å². The maximum absolute atomic E-state index is 7.96. The van der Waals surface area contributed by atoms with Gasteiger partial charge in [-0.15, -0.1) is 11.8 Å². The van der Waals surface area contributed by atoms with Crippen molar-refractivity contribution in [3.05, 3.63) is 54.1 Å². The Hall–Kier alpha value is -1.94. The third-order valence-corrected chi connectivity index (χ3v) is 4.19. The lowest BCUT2D eigenvalue weighted by atomic mass is 10.1. The summed E-state index contributed by atoms with van der Waals surface area (Å²) >= 11 is 1.72. The van der Waals surface area contributed by atoms with Crippen LogP contribution < -0.4 is 10.6 Å². The standard InChI is InChI=1S/C17H21N3S/c1-3-20(13-9-6-5-7-10-13)14-11-8-12-15(21-4-2)16(14)17(18)19/h5-12H,3-4H2,1-2H3,(H3,18,19). The molecule has 0 fully saturated rings. The number of nitrogens with two attached hydrogens (primary N) is 1. The molecule has 0 unspecified atom stereocenters. The number of hydrogen-bond acceptors (Lipinski definition) is 3. The number of nitrogens with zero attached hydrogens (tertiary/aromatic N) is 1. The van der Waals surface area contributed by atoms with Crippen molar-refractivity contribution in [2.75, 3.05) is 17.2 Å². The highest BCUT2D eigenvalue weighted by atomic mass is 32.2. The summed E-state index contributed by atoms with van der Waals surface area (Å²) in [5.41, 5.74) is 8.80. The second kappa shape index (κ2) is 7.18. The van der Waals surface area contributed by atoms with E-state index in [2.05, 4.69) is 30.9 Å². The van der Waals surface area contributed by atoms with Crippen LogP contribution >= 0.6 is 11.8 Å². The third-order valence-electron chi connectivity index (χ3n) is 3.25. The molecule has 0 aromatic heterocycles. The second-order valence-electron chi connectivity index (χ2n) is 4.58. The summed E-state index contributed by atoms with van der Waals surface area (Å²) in [5, 5.41) is 7.96. The van der Waals surface area contributed by atoms with Crippen molar-refractivity contribution in [3.63, 3.8) is 0 Å². The van der Waals surface area contributed by atoms with Gasteiger partial charge in [0.25, 0.3) is 0 Å². The van der Waals surface area contributed by atoms with Crippen molar-refractivity contribution in [2.45, 2.75) is 18.7 Å². The van der Waals surface area contributed by atoms with E-state index in [0.717, 1.165) is 34.1 Å². The van der Waals surface area contributed by atoms with Gasteiger partial charge in [0, 0.05) is 17.1 Å². The number of nitrogens with one attached hydrogen (secondary N) is 1. The van der Waals surface area contributed by atoms with Crippen molar-refractivity contribution < 1.29 is 0 Å². The van der Waals surface area contributed by atoms with Gasteiger partial charge in [0.1, 0.15) is 5.84 Å². The van der Waals surface area contributed by atoms with E-state index in [1.807, 2.05) is 36.4 Å². The van der Waals surface area contributed by atoms with Crippen LogP contribution in [0.15, 0.2) is 53.4 Å². The third kappa shape index (κ3) is 3.39. The van der Waals surface area contributed by atoms with Gasteiger partial charge in [0.15, 0.2) is 0 Å². The zero-order valence-electron chi connectivity index (χ0n) is 12.5. The van der Waals surface area contributed by atoms with Gasteiger partial charge >= 0.3 is 0 Å². The molecule has 0 saturated carbocycles. The number of para-hydroxylation sites is 1. The van der Waals surface area contributed by atoms with E-state index in [0.29, 0.717) is 0 Å². The van der Waals surface area contributed by atoms with Gasteiger partial charge < -0.3 is 10.6 Å². The fraction of sp³-hybridized carbons (Fsp3) is 0.235. The van der Waals surface area contributed by atoms with Crippen molar-refractivity contribution in [3.8, 4) is 0 Å². The molecule has 2 aromatic carbocycles. The van der Waals surface area contributed by atoms with Crippen LogP contribution in [0.4, 0.5) is 11.4 Å². The second-order valence-corrected chi connectivity index (χ2v) is 5.88. The fourth-order valence-corrected chi connectivity index (χ4v) is 3.24. The van der Waals surface area contributed by atoms with Crippen LogP contribution in [-0.2, 0) is 0 Å². The SMILES string of the molecule is CCSc1cccc(N(CC)c2ccccc2)c1C(=N)N. The van der Waals surface area contributed by atoms with Gasteiger partial charge in [-0.25, -0.2) is 0 Å². The minimum atomic E-state index is 0.121. The average Bonchev–Trinajstić information content (AvgIpc) is 2.49. The lowest BCUT2D eigenvalue weighted by Crippen LogP contribution is -2.22. The number of nitrogen functional groups attached to an aromatic ring is 1. The van der Waals surface area contributed by atoms with Crippen LogP contribution in [-0.4, -0.2) is 18.1 Å². The van der Waals surface area contributed by atoms with Crippen LogP contribution in [0.3, 0.4) is 0 Å². The number of anilines is 2. The molecule has 0 spiro atoms. The molecule has 0 saturated heterocycles. The number of hydrogen-bond donors (Lipinski definition) is 2. The van der Waals surface area contributed by atoms with Crippen molar-refractivity contribution >= 4 is 29.0 Å². The van der Waals surface area contributed by atoms with E-state index < -0.39 is 0 Å². The first kappa shape index (κ1) is 15.4. The zero-order valence-corrected chi connectivity index (χ0v) is 13.3. The molecular formula is C17H21N3S. The summed E-state index contributed by atoms with van der Waals surface area (Å²) in [7, 11) is 0. The molecule has 0 heterocycles. The van der Waals surface area contributed by atoms with Gasteiger partial charge in [-0.2, -0.15) is 0 Å². The molecule has 3 N–H and O–H groups in total. The predicted octanol–water partition coefficient (Wildman–Crippen LogP) is 4.24. The first-order valence-electron chi connectivity index (χ1n) is 7.11. The Morgan fingerprint density at radius 1 is 1.10 bits per heavy atom. The molecular weight excluding hydrogens is 278 g/mol. The van der Waals surface area contributed by atoms with Crippen molar-refractivity contribution in [2.24, 2.45) is 5.73 Å². The molecule has 0 amide bonds. The maximum Gasteiger partial charge on any atom is 0.126 e. The van der Waals surface area contributed by atoms with Gasteiger partial charge in [-0.05, 0) is 36.9 Å². The number of rotatable bonds is 6. The first-order valence-corrected chi connectivity index (χ1v) is 8.10. The first-order chi connectivity index (χ1) is 10.2. The van der Waals surface area contributed by atoms with Gasteiger partial charge in [0.2, 0.25) is 0 Å². The summed E-state index contributed by atoms with van der Waals surface area (Å²) in [5.74, 6) is 1.08. The Morgan fingerprint density at radius 3 is 2.38 bits per heavy atom.